The molecule has 2 N–H and O–H groups in total. The largest absolute Gasteiger partial charge is 0.424 e. The van der Waals surface area contributed by atoms with Gasteiger partial charge in [0, 0.05) is 18.0 Å². The molecule has 1 aliphatic heterocycles. The molecular weight excluding hydrogens is 352 g/mol. The van der Waals surface area contributed by atoms with Gasteiger partial charge in [0.2, 0.25) is 21.8 Å². The van der Waals surface area contributed by atoms with Gasteiger partial charge in [0.05, 0.1) is 17.0 Å². The van der Waals surface area contributed by atoms with Gasteiger partial charge in [-0.05, 0) is 37.1 Å². The third-order valence-electron chi connectivity index (χ3n) is 4.05. The van der Waals surface area contributed by atoms with Gasteiger partial charge in [-0.2, -0.15) is 0 Å². The minimum Gasteiger partial charge on any atom is -0.424 e. The summed E-state index contributed by atoms with van der Waals surface area (Å²) < 4.78 is 33.4. The summed E-state index contributed by atoms with van der Waals surface area (Å²) in [7, 11) is -3.53. The van der Waals surface area contributed by atoms with E-state index in [9.17, 15) is 8.42 Å². The summed E-state index contributed by atoms with van der Waals surface area (Å²) in [6.45, 7) is 4.06. The average molecular weight is 371 g/mol. The molecule has 3 rings (SSSR count). The Kier molecular flexibility index (Phi) is 4.80. The van der Waals surface area contributed by atoms with Gasteiger partial charge in [-0.15, -0.1) is 10.2 Å². The average Bonchev–Trinajstić information content (AvgIpc) is 3.18. The van der Waals surface area contributed by atoms with Gasteiger partial charge in [0.1, 0.15) is 0 Å². The molecule has 24 heavy (non-hydrogen) atoms. The van der Waals surface area contributed by atoms with Crippen LogP contribution in [0.1, 0.15) is 36.7 Å². The monoisotopic (exact) mass is 370 g/mol. The minimum absolute atomic E-state index is 0.245. The Balaban J connectivity index is 1.71. The van der Waals surface area contributed by atoms with E-state index in [1.54, 1.807) is 18.2 Å². The molecule has 1 fully saturated rings. The lowest BCUT2D eigenvalue weighted by Crippen LogP contribution is -2.29. The van der Waals surface area contributed by atoms with Crippen molar-refractivity contribution in [3.05, 3.63) is 40.6 Å². The third-order valence-corrected chi connectivity index (χ3v) is 6.03. The number of aromatic nitrogens is 2. The van der Waals surface area contributed by atoms with Crippen molar-refractivity contribution < 1.29 is 12.8 Å². The second kappa shape index (κ2) is 6.70. The van der Waals surface area contributed by atoms with E-state index in [0.717, 1.165) is 5.56 Å². The number of nitrogens with zero attached hydrogens (tertiary/aromatic N) is 2. The highest BCUT2D eigenvalue weighted by Crippen LogP contribution is 2.28. The molecule has 2 atom stereocenters. The van der Waals surface area contributed by atoms with E-state index in [-0.39, 0.29) is 6.04 Å². The fraction of sp³-hybridized carbons (Fsp3) is 0.467. The van der Waals surface area contributed by atoms with Gasteiger partial charge in [-0.1, -0.05) is 18.5 Å². The van der Waals surface area contributed by atoms with E-state index in [0.29, 0.717) is 41.9 Å². The Hall–Kier alpha value is -1.64. The predicted molar refractivity (Wildman–Crippen MR) is 91.6 cm³/mol. The van der Waals surface area contributed by atoms with Crippen LogP contribution < -0.4 is 10.0 Å². The Morgan fingerprint density at radius 2 is 2.21 bits per heavy atom. The Labute approximate surface area is 145 Å². The fourth-order valence-corrected chi connectivity index (χ4v) is 4.35. The van der Waals surface area contributed by atoms with E-state index < -0.39 is 15.3 Å². The molecule has 0 radical (unpaired) electrons. The molecule has 0 saturated carbocycles. The molecule has 2 aromatic rings. The molecule has 2 heterocycles. The number of rotatable bonds is 5. The first-order valence-electron chi connectivity index (χ1n) is 7.72. The molecule has 1 aromatic heterocycles. The fourth-order valence-electron chi connectivity index (χ4n) is 2.66. The van der Waals surface area contributed by atoms with E-state index in [2.05, 4.69) is 20.2 Å². The lowest BCUT2D eigenvalue weighted by Gasteiger charge is -2.15. The van der Waals surface area contributed by atoms with Crippen molar-refractivity contribution in [3.63, 3.8) is 0 Å². The highest BCUT2D eigenvalue weighted by atomic mass is 35.5. The van der Waals surface area contributed by atoms with Crippen molar-refractivity contribution >= 4 is 27.3 Å². The molecule has 9 heteroatoms. The van der Waals surface area contributed by atoms with Crippen LogP contribution in [0.3, 0.4) is 0 Å². The van der Waals surface area contributed by atoms with Crippen LogP contribution in [-0.2, 0) is 16.4 Å². The summed E-state index contributed by atoms with van der Waals surface area (Å²) in [4.78, 5) is 0. The lowest BCUT2D eigenvalue weighted by molar-refractivity contribution is 0.405. The number of sulfonamides is 1. The molecule has 1 aromatic carbocycles. The Morgan fingerprint density at radius 1 is 1.42 bits per heavy atom. The van der Waals surface area contributed by atoms with Crippen LogP contribution in [0.5, 0.6) is 0 Å². The highest BCUT2D eigenvalue weighted by molar-refractivity contribution is 7.93. The van der Waals surface area contributed by atoms with Crippen molar-refractivity contribution in [1.29, 1.82) is 0 Å². The zero-order valence-corrected chi connectivity index (χ0v) is 15.0. The van der Waals surface area contributed by atoms with Crippen LogP contribution in [0.2, 0.25) is 5.02 Å². The van der Waals surface area contributed by atoms with Gasteiger partial charge in [0.25, 0.3) is 0 Å². The Bertz CT molecular complexity index is 837. The first-order chi connectivity index (χ1) is 11.4. The highest BCUT2D eigenvalue weighted by Gasteiger charge is 2.37. The number of hydrogen-bond donors (Lipinski definition) is 2. The molecule has 0 aliphatic carbocycles. The van der Waals surface area contributed by atoms with Crippen LogP contribution in [0.4, 0.5) is 5.69 Å². The topological polar surface area (TPSA) is 97.1 Å². The second-order valence-corrected chi connectivity index (χ2v) is 8.21. The lowest BCUT2D eigenvalue weighted by atomic mass is 10.2. The first-order valence-corrected chi connectivity index (χ1v) is 9.65. The molecule has 0 amide bonds. The summed E-state index contributed by atoms with van der Waals surface area (Å²) in [6, 6.07) is 4.80. The summed E-state index contributed by atoms with van der Waals surface area (Å²) in [5.74, 6) is 0.986. The van der Waals surface area contributed by atoms with Crippen LogP contribution in [-0.4, -0.2) is 30.4 Å². The standard InChI is InChI=1S/C15H19ClN4O3S/c1-3-14-18-19-15(23-14)13-7-11(8-17-13)24(21,22)20-12-5-4-10(16)6-9(12)2/h4-6,11,13,17,20H,3,7-8H2,1-2H3. The van der Waals surface area contributed by atoms with Crippen LogP contribution in [0.15, 0.2) is 22.6 Å². The first kappa shape index (κ1) is 17.2. The van der Waals surface area contributed by atoms with Crippen LogP contribution in [0, 0.1) is 6.92 Å². The van der Waals surface area contributed by atoms with Gasteiger partial charge in [-0.3, -0.25) is 4.72 Å². The molecule has 2 unspecified atom stereocenters. The minimum atomic E-state index is -3.53. The number of halogens is 1. The third kappa shape index (κ3) is 3.55. The molecule has 7 nitrogen and oxygen atoms in total. The summed E-state index contributed by atoms with van der Waals surface area (Å²) >= 11 is 5.91. The second-order valence-electron chi connectivity index (χ2n) is 5.81. The molecular formula is C15H19ClN4O3S. The summed E-state index contributed by atoms with van der Waals surface area (Å²) in [6.07, 6.45) is 1.03. The zero-order chi connectivity index (χ0) is 17.3. The maximum atomic E-state index is 12.6. The number of aryl methyl sites for hydroxylation is 2. The van der Waals surface area contributed by atoms with E-state index in [1.165, 1.54) is 0 Å². The number of benzene rings is 1. The number of nitrogens with one attached hydrogen (secondary N) is 2. The van der Waals surface area contributed by atoms with Gasteiger partial charge in [0.15, 0.2) is 0 Å². The van der Waals surface area contributed by atoms with Crippen LogP contribution >= 0.6 is 11.6 Å². The predicted octanol–water partition coefficient (Wildman–Crippen LogP) is 2.44. The smallest absolute Gasteiger partial charge is 0.236 e. The number of hydrogen-bond acceptors (Lipinski definition) is 6. The van der Waals surface area contributed by atoms with Gasteiger partial charge in [-0.25, -0.2) is 8.42 Å². The Morgan fingerprint density at radius 3 is 2.88 bits per heavy atom. The molecule has 0 bridgehead atoms. The number of anilines is 1. The van der Waals surface area contributed by atoms with Crippen molar-refractivity contribution in [2.45, 2.75) is 38.0 Å². The van der Waals surface area contributed by atoms with Crippen molar-refractivity contribution in [1.82, 2.24) is 15.5 Å². The van der Waals surface area contributed by atoms with Gasteiger partial charge >= 0.3 is 0 Å². The van der Waals surface area contributed by atoms with E-state index >= 15 is 0 Å². The molecule has 1 aliphatic rings. The molecule has 0 spiro atoms. The molecule has 130 valence electrons. The maximum absolute atomic E-state index is 12.6. The van der Waals surface area contributed by atoms with Crippen molar-refractivity contribution in [2.24, 2.45) is 0 Å². The molecule has 1 saturated heterocycles. The summed E-state index contributed by atoms with van der Waals surface area (Å²) in [5, 5.41) is 11.0. The SMILES string of the molecule is CCc1nnc(C2CC(S(=O)(=O)Nc3ccc(Cl)cc3C)CN2)o1. The van der Waals surface area contributed by atoms with Gasteiger partial charge < -0.3 is 9.73 Å². The van der Waals surface area contributed by atoms with Crippen LogP contribution in [0.25, 0.3) is 0 Å². The van der Waals surface area contributed by atoms with Crippen molar-refractivity contribution in [2.75, 3.05) is 11.3 Å². The van der Waals surface area contributed by atoms with E-state index in [4.69, 9.17) is 16.0 Å². The zero-order valence-electron chi connectivity index (χ0n) is 13.4. The normalized spacial score (nSPS) is 21.1. The summed E-state index contributed by atoms with van der Waals surface area (Å²) in [5.41, 5.74) is 1.31. The quantitative estimate of drug-likeness (QED) is 0.839. The van der Waals surface area contributed by atoms with Crippen molar-refractivity contribution in [3.8, 4) is 0 Å². The maximum Gasteiger partial charge on any atom is 0.236 e. The van der Waals surface area contributed by atoms with E-state index in [1.807, 2.05) is 13.8 Å².